The van der Waals surface area contributed by atoms with E-state index in [4.69, 9.17) is 14.5 Å². The summed E-state index contributed by atoms with van der Waals surface area (Å²) < 4.78 is 89.4. The summed E-state index contributed by atoms with van der Waals surface area (Å²) in [5, 5.41) is 0.621. The Labute approximate surface area is 289 Å². The van der Waals surface area contributed by atoms with Crippen LogP contribution in [0, 0.1) is 6.92 Å². The molecule has 1 saturated heterocycles. The van der Waals surface area contributed by atoms with E-state index in [1.54, 1.807) is 25.6 Å². The molecule has 1 aliphatic rings. The number of ether oxygens (including phenoxy) is 2. The van der Waals surface area contributed by atoms with Gasteiger partial charge in [0, 0.05) is 59.5 Å². The van der Waals surface area contributed by atoms with Crippen LogP contribution in [0.3, 0.4) is 0 Å². The highest BCUT2D eigenvalue weighted by molar-refractivity contribution is 7.98. The van der Waals surface area contributed by atoms with Crippen LogP contribution in [-0.4, -0.2) is 54.7 Å². The van der Waals surface area contributed by atoms with Gasteiger partial charge in [-0.15, -0.1) is 23.1 Å². The molecule has 1 aliphatic heterocycles. The fraction of sp³-hybridized carbons (Fsp3) is 0.371. The molecule has 262 valence electrons. The number of piperazine rings is 1. The van der Waals surface area contributed by atoms with Gasteiger partial charge in [-0.05, 0) is 80.9 Å². The topological polar surface area (TPSA) is 54.9 Å². The second kappa shape index (κ2) is 15.4. The van der Waals surface area contributed by atoms with E-state index in [-0.39, 0.29) is 6.61 Å². The highest BCUT2D eigenvalue weighted by Crippen LogP contribution is 2.37. The first-order chi connectivity index (χ1) is 23.2. The average molecular weight is 724 g/mol. The van der Waals surface area contributed by atoms with E-state index in [1.807, 2.05) is 30.0 Å². The number of anilines is 1. The lowest BCUT2D eigenvalue weighted by molar-refractivity contribution is -0.150. The van der Waals surface area contributed by atoms with Crippen molar-refractivity contribution in [1.82, 2.24) is 9.88 Å². The molecule has 0 radical (unpaired) electrons. The largest absolute Gasteiger partial charge is 0.479 e. The van der Waals surface area contributed by atoms with E-state index >= 15 is 0 Å². The SMILES string of the molecule is CCOC(=O)C(C)Oc1ccc(SCc2sc(-c3ccc(C(F)(F)F)cc3)nc2CN2CCN(c3ccc(C(F)(F)F)cc3)CC2)cc1C. The standard InChI is InChI=1S/C35H35F6N3O3S2/c1-4-46-33(45)23(3)47-30-14-13-28(19-22(30)2)48-21-31-29(42-32(49-31)24-5-7-25(8-6-24)34(36,37)38)20-43-15-17-44(18-16-43)27-11-9-26(10-12-27)35(39,40)41/h5-14,19,23H,4,15-18,20-21H2,1-3H3. The van der Waals surface area contributed by atoms with Gasteiger partial charge in [0.05, 0.1) is 23.4 Å². The first-order valence-corrected chi connectivity index (χ1v) is 17.4. The molecule has 0 aliphatic carbocycles. The highest BCUT2D eigenvalue weighted by atomic mass is 32.2. The number of carbonyl (C=O) groups is 1. The van der Waals surface area contributed by atoms with Gasteiger partial charge in [-0.1, -0.05) is 12.1 Å². The number of rotatable bonds is 11. The average Bonchev–Trinajstić information content (AvgIpc) is 3.47. The molecule has 1 unspecified atom stereocenters. The second-order valence-electron chi connectivity index (χ2n) is 11.5. The first kappa shape index (κ1) is 36.5. The number of hydrogen-bond acceptors (Lipinski definition) is 8. The number of esters is 1. The van der Waals surface area contributed by atoms with Crippen LogP contribution in [0.4, 0.5) is 32.0 Å². The third-order valence-corrected chi connectivity index (χ3v) is 10.3. The minimum absolute atomic E-state index is 0.264. The van der Waals surface area contributed by atoms with Crippen molar-refractivity contribution in [1.29, 1.82) is 0 Å². The van der Waals surface area contributed by atoms with E-state index in [0.29, 0.717) is 54.8 Å². The minimum Gasteiger partial charge on any atom is -0.479 e. The van der Waals surface area contributed by atoms with Crippen molar-refractivity contribution in [3.8, 4) is 16.3 Å². The Kier molecular flexibility index (Phi) is 11.5. The van der Waals surface area contributed by atoms with E-state index < -0.39 is 35.6 Å². The zero-order valence-electron chi connectivity index (χ0n) is 27.0. The predicted molar refractivity (Wildman–Crippen MR) is 179 cm³/mol. The summed E-state index contributed by atoms with van der Waals surface area (Å²) in [6.45, 7) is 8.59. The van der Waals surface area contributed by atoms with Crippen molar-refractivity contribution < 1.29 is 40.6 Å². The van der Waals surface area contributed by atoms with Crippen molar-refractivity contribution in [2.75, 3.05) is 37.7 Å². The van der Waals surface area contributed by atoms with Gasteiger partial charge in [0.2, 0.25) is 0 Å². The number of thioether (sulfide) groups is 1. The maximum absolute atomic E-state index is 13.2. The molecular formula is C35H35F6N3O3S2. The van der Waals surface area contributed by atoms with Gasteiger partial charge < -0.3 is 14.4 Å². The van der Waals surface area contributed by atoms with Crippen molar-refractivity contribution in [2.45, 2.75) is 56.4 Å². The molecule has 3 aromatic carbocycles. The Bertz CT molecular complexity index is 1720. The maximum Gasteiger partial charge on any atom is 0.416 e. The van der Waals surface area contributed by atoms with Gasteiger partial charge in [0.25, 0.3) is 0 Å². The normalized spacial score (nSPS) is 14.9. The molecule has 0 amide bonds. The molecule has 2 heterocycles. The molecule has 0 spiro atoms. The molecule has 5 rings (SSSR count). The Morgan fingerprint density at radius 3 is 2.10 bits per heavy atom. The molecule has 49 heavy (non-hydrogen) atoms. The third-order valence-electron chi connectivity index (χ3n) is 7.98. The molecule has 1 atom stereocenters. The van der Waals surface area contributed by atoms with Crippen LogP contribution in [0.25, 0.3) is 10.6 Å². The summed E-state index contributed by atoms with van der Waals surface area (Å²) >= 11 is 3.03. The molecule has 6 nitrogen and oxygen atoms in total. The Morgan fingerprint density at radius 1 is 0.918 bits per heavy atom. The summed E-state index contributed by atoms with van der Waals surface area (Å²) in [6, 6.07) is 15.8. The number of alkyl halides is 6. The highest BCUT2D eigenvalue weighted by Gasteiger charge is 2.31. The Hall–Kier alpha value is -3.75. The van der Waals surface area contributed by atoms with Crippen molar-refractivity contribution in [3.63, 3.8) is 0 Å². The lowest BCUT2D eigenvalue weighted by Crippen LogP contribution is -2.46. The van der Waals surface area contributed by atoms with Gasteiger partial charge in [-0.2, -0.15) is 26.3 Å². The van der Waals surface area contributed by atoms with Crippen LogP contribution in [-0.2, 0) is 34.2 Å². The van der Waals surface area contributed by atoms with Gasteiger partial charge >= 0.3 is 18.3 Å². The number of halogens is 6. The van der Waals surface area contributed by atoms with Gasteiger partial charge in [-0.3, -0.25) is 4.90 Å². The fourth-order valence-electron chi connectivity index (χ4n) is 5.27. The zero-order valence-corrected chi connectivity index (χ0v) is 28.7. The van der Waals surface area contributed by atoms with Crippen LogP contribution in [0.1, 0.15) is 41.1 Å². The fourth-order valence-corrected chi connectivity index (χ4v) is 7.45. The quantitative estimate of drug-likeness (QED) is 0.0870. The number of aromatic nitrogens is 1. The number of thiazole rings is 1. The maximum atomic E-state index is 13.2. The molecule has 0 bridgehead atoms. The number of benzene rings is 3. The number of carbonyl (C=O) groups excluding carboxylic acids is 1. The molecule has 1 aromatic heterocycles. The predicted octanol–water partition coefficient (Wildman–Crippen LogP) is 9.10. The van der Waals surface area contributed by atoms with Gasteiger partial charge in [0.15, 0.2) is 6.10 Å². The van der Waals surface area contributed by atoms with Crippen LogP contribution >= 0.6 is 23.1 Å². The Morgan fingerprint density at radius 2 is 1.53 bits per heavy atom. The third kappa shape index (κ3) is 9.49. The number of aryl methyl sites for hydroxylation is 1. The van der Waals surface area contributed by atoms with Crippen molar-refractivity contribution in [2.24, 2.45) is 0 Å². The van der Waals surface area contributed by atoms with Gasteiger partial charge in [0.1, 0.15) is 10.8 Å². The van der Waals surface area contributed by atoms with Crippen LogP contribution in [0.15, 0.2) is 71.6 Å². The lowest BCUT2D eigenvalue weighted by atomic mass is 10.1. The second-order valence-corrected chi connectivity index (χ2v) is 13.6. The van der Waals surface area contributed by atoms with E-state index in [0.717, 1.165) is 51.0 Å². The lowest BCUT2D eigenvalue weighted by Gasteiger charge is -2.36. The summed E-state index contributed by atoms with van der Waals surface area (Å²) in [5.74, 6) is 0.698. The molecule has 14 heteroatoms. The van der Waals surface area contributed by atoms with Gasteiger partial charge in [-0.25, -0.2) is 9.78 Å². The summed E-state index contributed by atoms with van der Waals surface area (Å²) in [5.41, 5.74) is 1.59. The van der Waals surface area contributed by atoms with Crippen LogP contribution in [0.2, 0.25) is 0 Å². The van der Waals surface area contributed by atoms with Crippen LogP contribution < -0.4 is 9.64 Å². The molecular weight excluding hydrogens is 689 g/mol. The monoisotopic (exact) mass is 723 g/mol. The van der Waals surface area contributed by atoms with E-state index in [2.05, 4.69) is 4.90 Å². The number of hydrogen-bond donors (Lipinski definition) is 0. The smallest absolute Gasteiger partial charge is 0.416 e. The molecule has 4 aromatic rings. The van der Waals surface area contributed by atoms with Crippen LogP contribution in [0.5, 0.6) is 5.75 Å². The molecule has 1 fully saturated rings. The first-order valence-electron chi connectivity index (χ1n) is 15.6. The number of nitrogens with zero attached hydrogens (tertiary/aromatic N) is 3. The summed E-state index contributed by atoms with van der Waals surface area (Å²) in [6.07, 6.45) is -9.58. The molecule has 0 N–H and O–H groups in total. The minimum atomic E-state index is -4.44. The summed E-state index contributed by atoms with van der Waals surface area (Å²) in [7, 11) is 0. The van der Waals surface area contributed by atoms with E-state index in [9.17, 15) is 31.1 Å². The van der Waals surface area contributed by atoms with E-state index in [1.165, 1.54) is 35.6 Å². The summed E-state index contributed by atoms with van der Waals surface area (Å²) in [4.78, 5) is 23.1. The zero-order chi connectivity index (χ0) is 35.3. The van der Waals surface area contributed by atoms with Crippen molar-refractivity contribution >= 4 is 34.8 Å². The molecule has 0 saturated carbocycles. The van der Waals surface area contributed by atoms with Crippen molar-refractivity contribution in [3.05, 3.63) is 94.0 Å². The Balaban J connectivity index is 1.29.